The Bertz CT molecular complexity index is 514. The van der Waals surface area contributed by atoms with Crippen molar-refractivity contribution in [3.8, 4) is 5.75 Å². The molecule has 0 spiro atoms. The first kappa shape index (κ1) is 14.5. The van der Waals surface area contributed by atoms with Gasteiger partial charge in [0.25, 0.3) is 0 Å². The Kier molecular flexibility index (Phi) is 4.06. The van der Waals surface area contributed by atoms with E-state index in [1.54, 1.807) is 0 Å². The van der Waals surface area contributed by atoms with Crippen molar-refractivity contribution in [3.05, 3.63) is 29.3 Å². The molecule has 2 N–H and O–H groups in total. The molecule has 0 radical (unpaired) electrons. The minimum atomic E-state index is -4.41. The van der Waals surface area contributed by atoms with E-state index in [4.69, 9.17) is 4.74 Å². The van der Waals surface area contributed by atoms with Crippen LogP contribution in [0.25, 0.3) is 0 Å². The third-order valence-corrected chi connectivity index (χ3v) is 2.98. The van der Waals surface area contributed by atoms with Crippen molar-refractivity contribution in [1.82, 2.24) is 10.6 Å². The number of guanidine groups is 1. The maximum absolute atomic E-state index is 13.0. The zero-order valence-electron chi connectivity index (χ0n) is 11.2. The van der Waals surface area contributed by atoms with Crippen molar-refractivity contribution in [3.63, 3.8) is 0 Å². The van der Waals surface area contributed by atoms with Crippen molar-refractivity contribution < 1.29 is 17.9 Å². The highest BCUT2D eigenvalue weighted by molar-refractivity contribution is 5.81. The second kappa shape index (κ2) is 5.60. The second-order valence-corrected chi connectivity index (χ2v) is 4.61. The number of alkyl halides is 3. The second-order valence-electron chi connectivity index (χ2n) is 4.61. The monoisotopic (exact) mass is 287 g/mol. The summed E-state index contributed by atoms with van der Waals surface area (Å²) in [6, 6.07) is 4.13. The van der Waals surface area contributed by atoms with E-state index in [1.807, 2.05) is 6.92 Å². The smallest absolute Gasteiger partial charge is 0.416 e. The van der Waals surface area contributed by atoms with Gasteiger partial charge in [0.05, 0.1) is 19.2 Å². The highest BCUT2D eigenvalue weighted by Gasteiger charge is 2.33. The Morgan fingerprint density at radius 3 is 2.75 bits per heavy atom. The fourth-order valence-electron chi connectivity index (χ4n) is 1.94. The first-order valence-corrected chi connectivity index (χ1v) is 6.19. The number of hydrogen-bond acceptors (Lipinski definition) is 4. The predicted octanol–water partition coefficient (Wildman–Crippen LogP) is 2.15. The van der Waals surface area contributed by atoms with Crippen molar-refractivity contribution in [1.29, 1.82) is 0 Å². The van der Waals surface area contributed by atoms with E-state index in [1.165, 1.54) is 19.2 Å². The van der Waals surface area contributed by atoms with Crippen LogP contribution in [0.2, 0.25) is 0 Å². The summed E-state index contributed by atoms with van der Waals surface area (Å²) in [5.41, 5.74) is -0.543. The number of methoxy groups -OCH3 is 1. The molecule has 0 aliphatic carbocycles. The van der Waals surface area contributed by atoms with Crippen LogP contribution in [0.1, 0.15) is 18.1 Å². The first-order valence-electron chi connectivity index (χ1n) is 6.19. The molecule has 1 aliphatic heterocycles. The molecule has 20 heavy (non-hydrogen) atoms. The number of nitrogens with zero attached hydrogens (tertiary/aromatic N) is 1. The summed E-state index contributed by atoms with van der Waals surface area (Å²) in [5, 5.41) is 5.91. The molecule has 1 aromatic rings. The van der Waals surface area contributed by atoms with E-state index in [0.717, 1.165) is 6.07 Å². The molecule has 0 bridgehead atoms. The van der Waals surface area contributed by atoms with Crippen LogP contribution in [-0.4, -0.2) is 25.7 Å². The van der Waals surface area contributed by atoms with Gasteiger partial charge in [0.15, 0.2) is 5.96 Å². The molecule has 2 rings (SSSR count). The molecule has 0 amide bonds. The summed E-state index contributed by atoms with van der Waals surface area (Å²) < 4.78 is 43.8. The van der Waals surface area contributed by atoms with Crippen molar-refractivity contribution in [2.45, 2.75) is 25.7 Å². The lowest BCUT2D eigenvalue weighted by molar-refractivity contribution is -0.138. The standard InChI is InChI=1S/C13H16F3N3O/c1-8-6-17-12(19-8)18-7-9-3-4-10(20-2)5-11(9)13(14,15)16/h3-5,8H,6-7H2,1-2H3,(H2,17,18,19). The summed E-state index contributed by atoms with van der Waals surface area (Å²) in [7, 11) is 1.34. The quantitative estimate of drug-likeness (QED) is 0.895. The molecule has 1 atom stereocenters. The molecule has 0 saturated heterocycles. The van der Waals surface area contributed by atoms with Gasteiger partial charge in [-0.15, -0.1) is 0 Å². The molecule has 0 fully saturated rings. The largest absolute Gasteiger partial charge is 0.497 e. The van der Waals surface area contributed by atoms with Crippen LogP contribution in [0.15, 0.2) is 23.2 Å². The fourth-order valence-corrected chi connectivity index (χ4v) is 1.94. The highest BCUT2D eigenvalue weighted by atomic mass is 19.4. The Labute approximate surface area is 115 Å². The van der Waals surface area contributed by atoms with Gasteiger partial charge in [-0.05, 0) is 24.6 Å². The first-order chi connectivity index (χ1) is 9.40. The molecule has 1 heterocycles. The molecule has 0 saturated carbocycles. The maximum atomic E-state index is 13.0. The topological polar surface area (TPSA) is 45.6 Å². The van der Waals surface area contributed by atoms with Gasteiger partial charge in [-0.3, -0.25) is 4.99 Å². The van der Waals surface area contributed by atoms with Crippen LogP contribution in [-0.2, 0) is 12.7 Å². The Morgan fingerprint density at radius 2 is 2.20 bits per heavy atom. The minimum Gasteiger partial charge on any atom is -0.497 e. The number of halogens is 3. The Morgan fingerprint density at radius 1 is 1.45 bits per heavy atom. The Balaban J connectivity index is 2.14. The molecule has 1 aromatic carbocycles. The normalized spacial score (nSPS) is 18.4. The van der Waals surface area contributed by atoms with Crippen LogP contribution in [0.5, 0.6) is 5.75 Å². The van der Waals surface area contributed by atoms with Gasteiger partial charge in [0.1, 0.15) is 5.75 Å². The number of hydrogen-bond donors (Lipinski definition) is 2. The molecule has 4 nitrogen and oxygen atoms in total. The number of nitrogens with one attached hydrogen (secondary N) is 2. The summed E-state index contributed by atoms with van der Waals surface area (Å²) in [6.45, 7) is 2.63. The van der Waals surface area contributed by atoms with E-state index in [0.29, 0.717) is 12.5 Å². The Hall–Kier alpha value is -1.92. The van der Waals surface area contributed by atoms with Crippen molar-refractivity contribution in [2.24, 2.45) is 4.99 Å². The summed E-state index contributed by atoms with van der Waals surface area (Å²) >= 11 is 0. The van der Waals surface area contributed by atoms with Crippen molar-refractivity contribution in [2.75, 3.05) is 13.7 Å². The van der Waals surface area contributed by atoms with Crippen LogP contribution < -0.4 is 15.4 Å². The van der Waals surface area contributed by atoms with Crippen LogP contribution in [0, 0.1) is 0 Å². The number of benzene rings is 1. The van der Waals surface area contributed by atoms with E-state index >= 15 is 0 Å². The molecule has 1 unspecified atom stereocenters. The SMILES string of the molecule is COc1ccc(CNC2=NCC(C)N2)c(C(F)(F)F)c1. The third kappa shape index (κ3) is 3.34. The zero-order valence-corrected chi connectivity index (χ0v) is 11.2. The van der Waals surface area contributed by atoms with Crippen LogP contribution in [0.3, 0.4) is 0 Å². The fraction of sp³-hybridized carbons (Fsp3) is 0.462. The predicted molar refractivity (Wildman–Crippen MR) is 69.7 cm³/mol. The third-order valence-electron chi connectivity index (χ3n) is 2.98. The van der Waals surface area contributed by atoms with Crippen molar-refractivity contribution >= 4 is 5.96 Å². The summed E-state index contributed by atoms with van der Waals surface area (Å²) in [4.78, 5) is 4.15. The van der Waals surface area contributed by atoms with Gasteiger partial charge in [-0.2, -0.15) is 13.2 Å². The molecule has 1 aliphatic rings. The van der Waals surface area contributed by atoms with Crippen LogP contribution >= 0.6 is 0 Å². The number of ether oxygens (including phenoxy) is 1. The van der Waals surface area contributed by atoms with Gasteiger partial charge < -0.3 is 15.4 Å². The maximum Gasteiger partial charge on any atom is 0.416 e. The molecular weight excluding hydrogens is 271 g/mol. The molecule has 110 valence electrons. The molecule has 7 heteroatoms. The molecular formula is C13H16F3N3O. The van der Waals surface area contributed by atoms with Gasteiger partial charge in [0, 0.05) is 12.6 Å². The van der Waals surface area contributed by atoms with E-state index in [2.05, 4.69) is 15.6 Å². The van der Waals surface area contributed by atoms with E-state index in [-0.39, 0.29) is 23.9 Å². The number of aliphatic imine (C=N–C) groups is 1. The van der Waals surface area contributed by atoms with Gasteiger partial charge in [0.2, 0.25) is 0 Å². The van der Waals surface area contributed by atoms with E-state index in [9.17, 15) is 13.2 Å². The summed E-state index contributed by atoms with van der Waals surface area (Å²) in [6.07, 6.45) is -4.41. The molecule has 0 aromatic heterocycles. The van der Waals surface area contributed by atoms with Crippen LogP contribution in [0.4, 0.5) is 13.2 Å². The zero-order chi connectivity index (χ0) is 14.8. The lowest BCUT2D eigenvalue weighted by Crippen LogP contribution is -2.37. The van der Waals surface area contributed by atoms with Gasteiger partial charge in [-0.25, -0.2) is 0 Å². The van der Waals surface area contributed by atoms with Gasteiger partial charge in [-0.1, -0.05) is 6.07 Å². The van der Waals surface area contributed by atoms with Gasteiger partial charge >= 0.3 is 6.18 Å². The lowest BCUT2D eigenvalue weighted by Gasteiger charge is -2.15. The summed E-state index contributed by atoms with van der Waals surface area (Å²) in [5.74, 6) is 0.715. The number of rotatable bonds is 3. The average Bonchev–Trinajstić information content (AvgIpc) is 2.81. The average molecular weight is 287 g/mol. The van der Waals surface area contributed by atoms with E-state index < -0.39 is 11.7 Å². The lowest BCUT2D eigenvalue weighted by atomic mass is 10.1. The minimum absolute atomic E-state index is 0.0530. The highest BCUT2D eigenvalue weighted by Crippen LogP contribution is 2.34.